The second kappa shape index (κ2) is 4.34. The molecule has 1 spiro atoms. The summed E-state index contributed by atoms with van der Waals surface area (Å²) in [4.78, 5) is 25.6. The van der Waals surface area contributed by atoms with Crippen molar-refractivity contribution in [3.63, 3.8) is 0 Å². The van der Waals surface area contributed by atoms with E-state index < -0.39 is 0 Å². The van der Waals surface area contributed by atoms with Gasteiger partial charge in [-0.25, -0.2) is 0 Å². The van der Waals surface area contributed by atoms with Crippen LogP contribution in [-0.4, -0.2) is 42.8 Å². The van der Waals surface area contributed by atoms with E-state index in [1.807, 2.05) is 4.90 Å². The molecule has 3 aliphatic rings. The Morgan fingerprint density at radius 3 is 2.06 bits per heavy atom. The van der Waals surface area contributed by atoms with Crippen LogP contribution >= 0.6 is 0 Å². The predicted molar refractivity (Wildman–Crippen MR) is 68.0 cm³/mol. The maximum atomic E-state index is 12.3. The predicted octanol–water partition coefficient (Wildman–Crippen LogP) is 0.814. The Labute approximate surface area is 108 Å². The molecule has 1 N–H and O–H groups in total. The van der Waals surface area contributed by atoms with Gasteiger partial charge in [0.05, 0.1) is 0 Å². The molecule has 1 saturated carbocycles. The molecule has 4 nitrogen and oxygen atoms in total. The fourth-order valence-electron chi connectivity index (χ4n) is 3.63. The summed E-state index contributed by atoms with van der Waals surface area (Å²) in [6, 6.07) is 0. The summed E-state index contributed by atoms with van der Waals surface area (Å²) < 4.78 is 0. The molecule has 100 valence electrons. The molecule has 0 bridgehead atoms. The van der Waals surface area contributed by atoms with Crippen molar-refractivity contribution in [1.29, 1.82) is 0 Å². The van der Waals surface area contributed by atoms with E-state index in [4.69, 9.17) is 0 Å². The third-order valence-electron chi connectivity index (χ3n) is 5.02. The zero-order chi connectivity index (χ0) is 12.8. The molecule has 18 heavy (non-hydrogen) atoms. The number of carbonyl (C=O) groups is 2. The van der Waals surface area contributed by atoms with Crippen molar-refractivity contribution >= 4 is 11.7 Å². The number of hydrogen-bond donors (Lipinski definition) is 1. The maximum absolute atomic E-state index is 12.3. The number of hydrogen-bond acceptors (Lipinski definition) is 3. The van der Waals surface area contributed by atoms with Gasteiger partial charge in [0, 0.05) is 43.4 Å². The Balaban J connectivity index is 1.48. The van der Waals surface area contributed by atoms with Crippen LogP contribution in [0.4, 0.5) is 0 Å². The standard InChI is InChI=1S/C14H22N2O2/c1-10(17)11-2-4-12(5-3-11)13(18)16-8-14(9-16)6-15-7-14/h11-12,15H,2-9H2,1H3. The fraction of sp³-hybridized carbons (Fsp3) is 0.857. The normalized spacial score (nSPS) is 33.7. The van der Waals surface area contributed by atoms with Gasteiger partial charge in [-0.1, -0.05) is 0 Å². The van der Waals surface area contributed by atoms with Crippen molar-refractivity contribution in [2.45, 2.75) is 32.6 Å². The first-order valence-electron chi connectivity index (χ1n) is 7.10. The summed E-state index contributed by atoms with van der Waals surface area (Å²) in [6.07, 6.45) is 3.63. The Kier molecular flexibility index (Phi) is 2.93. The quantitative estimate of drug-likeness (QED) is 0.789. The van der Waals surface area contributed by atoms with Crippen molar-refractivity contribution in [3.8, 4) is 0 Å². The van der Waals surface area contributed by atoms with E-state index >= 15 is 0 Å². The van der Waals surface area contributed by atoms with E-state index in [9.17, 15) is 9.59 Å². The minimum absolute atomic E-state index is 0.186. The second-order valence-corrected chi connectivity index (χ2v) is 6.46. The lowest BCUT2D eigenvalue weighted by molar-refractivity contribution is -0.153. The minimum Gasteiger partial charge on any atom is -0.341 e. The Morgan fingerprint density at radius 1 is 1.06 bits per heavy atom. The van der Waals surface area contributed by atoms with Crippen molar-refractivity contribution in [1.82, 2.24) is 10.2 Å². The monoisotopic (exact) mass is 250 g/mol. The van der Waals surface area contributed by atoms with Gasteiger partial charge in [0.1, 0.15) is 5.78 Å². The molecule has 2 aliphatic heterocycles. The third-order valence-corrected chi connectivity index (χ3v) is 5.02. The summed E-state index contributed by atoms with van der Waals surface area (Å²) >= 11 is 0. The first kappa shape index (κ1) is 12.2. The molecule has 0 atom stereocenters. The van der Waals surface area contributed by atoms with Crippen LogP contribution in [0.1, 0.15) is 32.6 Å². The van der Waals surface area contributed by atoms with E-state index in [1.54, 1.807) is 6.92 Å². The highest BCUT2D eigenvalue weighted by Crippen LogP contribution is 2.37. The van der Waals surface area contributed by atoms with Crippen LogP contribution in [0, 0.1) is 17.3 Å². The maximum Gasteiger partial charge on any atom is 0.225 e. The number of carbonyl (C=O) groups excluding carboxylic acids is 2. The minimum atomic E-state index is 0.186. The van der Waals surface area contributed by atoms with Crippen molar-refractivity contribution in [3.05, 3.63) is 0 Å². The molecule has 0 unspecified atom stereocenters. The lowest BCUT2D eigenvalue weighted by Crippen LogP contribution is -2.72. The highest BCUT2D eigenvalue weighted by atomic mass is 16.2. The zero-order valence-electron chi connectivity index (χ0n) is 11.1. The zero-order valence-corrected chi connectivity index (χ0v) is 11.1. The first-order chi connectivity index (χ1) is 8.60. The van der Waals surface area contributed by atoms with Gasteiger partial charge >= 0.3 is 0 Å². The van der Waals surface area contributed by atoms with Crippen LogP contribution in [0.5, 0.6) is 0 Å². The SMILES string of the molecule is CC(=O)C1CCC(C(=O)N2CC3(CNC3)C2)CC1. The smallest absolute Gasteiger partial charge is 0.225 e. The van der Waals surface area contributed by atoms with Gasteiger partial charge in [-0.3, -0.25) is 9.59 Å². The Bertz CT molecular complexity index is 360. The van der Waals surface area contributed by atoms with Gasteiger partial charge in [-0.05, 0) is 32.6 Å². The van der Waals surface area contributed by atoms with E-state index in [0.717, 1.165) is 51.9 Å². The highest BCUT2D eigenvalue weighted by molar-refractivity contribution is 5.81. The summed E-state index contributed by atoms with van der Waals surface area (Å²) in [5.74, 6) is 1.04. The van der Waals surface area contributed by atoms with Crippen molar-refractivity contribution in [2.75, 3.05) is 26.2 Å². The summed E-state index contributed by atoms with van der Waals surface area (Å²) in [5, 5.41) is 3.29. The van der Waals surface area contributed by atoms with Gasteiger partial charge in [0.2, 0.25) is 5.91 Å². The van der Waals surface area contributed by atoms with Crippen molar-refractivity contribution < 1.29 is 9.59 Å². The third kappa shape index (κ3) is 1.96. The van der Waals surface area contributed by atoms with E-state index in [0.29, 0.717) is 17.1 Å². The van der Waals surface area contributed by atoms with Gasteiger partial charge < -0.3 is 10.2 Å². The molecular weight excluding hydrogens is 228 g/mol. The largest absolute Gasteiger partial charge is 0.341 e. The molecule has 2 heterocycles. The topological polar surface area (TPSA) is 49.4 Å². The fourth-order valence-corrected chi connectivity index (χ4v) is 3.63. The number of ketones is 1. The Hall–Kier alpha value is -0.900. The number of nitrogens with zero attached hydrogens (tertiary/aromatic N) is 1. The van der Waals surface area contributed by atoms with Crippen LogP contribution < -0.4 is 5.32 Å². The van der Waals surface area contributed by atoms with Crippen LogP contribution in [0.2, 0.25) is 0 Å². The molecule has 1 aliphatic carbocycles. The summed E-state index contributed by atoms with van der Waals surface area (Å²) in [5.41, 5.74) is 0.423. The highest BCUT2D eigenvalue weighted by Gasteiger charge is 2.50. The molecule has 3 fully saturated rings. The summed E-state index contributed by atoms with van der Waals surface area (Å²) in [6.45, 7) is 5.73. The average Bonchev–Trinajstić information content (AvgIpc) is 2.25. The van der Waals surface area contributed by atoms with E-state index in [-0.39, 0.29) is 11.8 Å². The second-order valence-electron chi connectivity index (χ2n) is 6.46. The molecule has 0 aromatic heterocycles. The average molecular weight is 250 g/mol. The first-order valence-corrected chi connectivity index (χ1v) is 7.10. The molecule has 2 saturated heterocycles. The number of rotatable bonds is 2. The Morgan fingerprint density at radius 2 is 1.61 bits per heavy atom. The van der Waals surface area contributed by atoms with Crippen LogP contribution in [0.3, 0.4) is 0 Å². The molecule has 0 aromatic rings. The number of amides is 1. The number of likely N-dealkylation sites (tertiary alicyclic amines) is 1. The van der Waals surface area contributed by atoms with Gasteiger partial charge in [-0.15, -0.1) is 0 Å². The van der Waals surface area contributed by atoms with E-state index in [2.05, 4.69) is 5.32 Å². The summed E-state index contributed by atoms with van der Waals surface area (Å²) in [7, 11) is 0. The van der Waals surface area contributed by atoms with Crippen LogP contribution in [0.15, 0.2) is 0 Å². The molecule has 0 aromatic carbocycles. The van der Waals surface area contributed by atoms with Crippen molar-refractivity contribution in [2.24, 2.45) is 17.3 Å². The van der Waals surface area contributed by atoms with Crippen LogP contribution in [-0.2, 0) is 9.59 Å². The lowest BCUT2D eigenvalue weighted by atomic mass is 9.73. The van der Waals surface area contributed by atoms with Gasteiger partial charge in [0.15, 0.2) is 0 Å². The van der Waals surface area contributed by atoms with Gasteiger partial charge in [0.25, 0.3) is 0 Å². The lowest BCUT2D eigenvalue weighted by Gasteiger charge is -2.56. The molecule has 4 heteroatoms. The van der Waals surface area contributed by atoms with E-state index in [1.165, 1.54) is 0 Å². The van der Waals surface area contributed by atoms with Gasteiger partial charge in [-0.2, -0.15) is 0 Å². The number of nitrogens with one attached hydrogen (secondary N) is 1. The molecule has 1 amide bonds. The number of Topliss-reactive ketones (excluding diaryl/α,β-unsaturated/α-hetero) is 1. The molecular formula is C14H22N2O2. The molecule has 0 radical (unpaired) electrons. The molecule has 3 rings (SSSR count). The van der Waals surface area contributed by atoms with Crippen LogP contribution in [0.25, 0.3) is 0 Å².